The fourth-order valence-electron chi connectivity index (χ4n) is 3.20. The van der Waals surface area contributed by atoms with E-state index in [1.807, 2.05) is 30.3 Å². The Balaban J connectivity index is 1.54. The van der Waals surface area contributed by atoms with Gasteiger partial charge in [0.25, 0.3) is 0 Å². The standard InChI is InChI=1S/C19H19N3O3S/c23-19-7-3-5-14-11-16(8-9-18(14)22-19)26(24,25)20-12-15-10-13-4-1-2-6-17(13)21-15/h1-2,4,6,8-11,20-21H,3,5,7,12H2,(H,22,23). The number of benzene rings is 2. The van der Waals surface area contributed by atoms with Crippen LogP contribution in [0.3, 0.4) is 0 Å². The maximum absolute atomic E-state index is 12.6. The number of carbonyl (C=O) groups is 1. The van der Waals surface area contributed by atoms with E-state index in [1.54, 1.807) is 12.1 Å². The number of hydrogen-bond donors (Lipinski definition) is 3. The largest absolute Gasteiger partial charge is 0.357 e. The molecule has 2 heterocycles. The molecular formula is C19H19N3O3S. The summed E-state index contributed by atoms with van der Waals surface area (Å²) >= 11 is 0. The van der Waals surface area contributed by atoms with Crippen molar-refractivity contribution in [3.05, 3.63) is 59.8 Å². The van der Waals surface area contributed by atoms with Crippen molar-refractivity contribution in [3.8, 4) is 0 Å². The molecule has 7 heteroatoms. The molecule has 0 atom stereocenters. The molecule has 0 unspecified atom stereocenters. The summed E-state index contributed by atoms with van der Waals surface area (Å²) in [5, 5.41) is 3.86. The molecular weight excluding hydrogens is 350 g/mol. The maximum atomic E-state index is 12.6. The number of carbonyl (C=O) groups excluding carboxylic acids is 1. The van der Waals surface area contributed by atoms with Gasteiger partial charge >= 0.3 is 0 Å². The van der Waals surface area contributed by atoms with Crippen LogP contribution in [0.2, 0.25) is 0 Å². The zero-order chi connectivity index (χ0) is 18.1. The highest BCUT2D eigenvalue weighted by Crippen LogP contribution is 2.25. The summed E-state index contributed by atoms with van der Waals surface area (Å²) in [4.78, 5) is 15.0. The fraction of sp³-hybridized carbons (Fsp3) is 0.211. The van der Waals surface area contributed by atoms with Crippen LogP contribution in [0.5, 0.6) is 0 Å². The number of aromatic nitrogens is 1. The highest BCUT2D eigenvalue weighted by molar-refractivity contribution is 7.89. The van der Waals surface area contributed by atoms with Gasteiger partial charge in [-0.3, -0.25) is 4.79 Å². The molecule has 1 aromatic heterocycles. The van der Waals surface area contributed by atoms with Crippen LogP contribution in [0, 0.1) is 0 Å². The molecule has 1 aliphatic rings. The lowest BCUT2D eigenvalue weighted by atomic mass is 10.1. The van der Waals surface area contributed by atoms with Crippen LogP contribution in [-0.2, 0) is 27.8 Å². The zero-order valence-electron chi connectivity index (χ0n) is 14.1. The SMILES string of the molecule is O=C1CCCc2cc(S(=O)(=O)NCc3cc4ccccc4[nH]3)ccc2N1. The minimum Gasteiger partial charge on any atom is -0.357 e. The van der Waals surface area contributed by atoms with Crippen molar-refractivity contribution in [2.24, 2.45) is 0 Å². The van der Waals surface area contributed by atoms with Gasteiger partial charge in [-0.05, 0) is 54.1 Å². The number of aryl methyl sites for hydroxylation is 1. The van der Waals surface area contributed by atoms with Crippen molar-refractivity contribution in [1.29, 1.82) is 0 Å². The molecule has 134 valence electrons. The van der Waals surface area contributed by atoms with Crippen molar-refractivity contribution in [2.45, 2.75) is 30.7 Å². The van der Waals surface area contributed by atoms with E-state index in [0.29, 0.717) is 24.9 Å². The third-order valence-corrected chi connectivity index (χ3v) is 5.95. The molecule has 0 saturated carbocycles. The van der Waals surface area contributed by atoms with Crippen molar-refractivity contribution in [1.82, 2.24) is 9.71 Å². The average Bonchev–Trinajstić information content (AvgIpc) is 2.94. The smallest absolute Gasteiger partial charge is 0.240 e. The van der Waals surface area contributed by atoms with E-state index in [-0.39, 0.29) is 17.3 Å². The van der Waals surface area contributed by atoms with E-state index in [4.69, 9.17) is 0 Å². The highest BCUT2D eigenvalue weighted by Gasteiger charge is 2.19. The summed E-state index contributed by atoms with van der Waals surface area (Å²) < 4.78 is 27.9. The summed E-state index contributed by atoms with van der Waals surface area (Å²) in [5.74, 6) is -0.0312. The second kappa shape index (κ2) is 6.59. The van der Waals surface area contributed by atoms with E-state index >= 15 is 0 Å². The third kappa shape index (κ3) is 3.36. The van der Waals surface area contributed by atoms with Crippen LogP contribution in [0.1, 0.15) is 24.1 Å². The number of sulfonamides is 1. The summed E-state index contributed by atoms with van der Waals surface area (Å²) in [7, 11) is -3.64. The van der Waals surface area contributed by atoms with Gasteiger partial charge in [0.2, 0.25) is 15.9 Å². The molecule has 0 radical (unpaired) electrons. The minimum absolute atomic E-state index is 0.0312. The third-order valence-electron chi connectivity index (χ3n) is 4.55. The number of hydrogen-bond acceptors (Lipinski definition) is 3. The van der Waals surface area contributed by atoms with Crippen LogP contribution in [0.25, 0.3) is 10.9 Å². The van der Waals surface area contributed by atoms with Gasteiger partial charge in [-0.2, -0.15) is 0 Å². The lowest BCUT2D eigenvalue weighted by Crippen LogP contribution is -2.23. The number of fused-ring (bicyclic) bond motifs is 2. The Labute approximate surface area is 151 Å². The molecule has 1 amide bonds. The van der Waals surface area contributed by atoms with E-state index in [2.05, 4.69) is 15.0 Å². The quantitative estimate of drug-likeness (QED) is 0.660. The Morgan fingerprint density at radius 1 is 1.04 bits per heavy atom. The molecule has 2 aromatic carbocycles. The minimum atomic E-state index is -3.64. The van der Waals surface area contributed by atoms with Crippen molar-refractivity contribution < 1.29 is 13.2 Å². The van der Waals surface area contributed by atoms with Gasteiger partial charge in [0, 0.05) is 23.3 Å². The zero-order valence-corrected chi connectivity index (χ0v) is 14.9. The monoisotopic (exact) mass is 369 g/mol. The summed E-state index contributed by atoms with van der Waals surface area (Å²) in [6.45, 7) is 0.185. The molecule has 0 fully saturated rings. The van der Waals surface area contributed by atoms with Crippen LogP contribution >= 0.6 is 0 Å². The Morgan fingerprint density at radius 3 is 2.73 bits per heavy atom. The first-order chi connectivity index (χ1) is 12.5. The van der Waals surface area contributed by atoms with E-state index < -0.39 is 10.0 Å². The van der Waals surface area contributed by atoms with Crippen LogP contribution < -0.4 is 10.0 Å². The Bertz CT molecular complexity index is 1050. The van der Waals surface area contributed by atoms with Gasteiger partial charge in [-0.15, -0.1) is 0 Å². The number of anilines is 1. The lowest BCUT2D eigenvalue weighted by Gasteiger charge is -2.10. The van der Waals surface area contributed by atoms with Gasteiger partial charge in [-0.25, -0.2) is 13.1 Å². The first kappa shape index (κ1) is 16.8. The van der Waals surface area contributed by atoms with E-state index in [9.17, 15) is 13.2 Å². The first-order valence-corrected chi connectivity index (χ1v) is 9.99. The second-order valence-electron chi connectivity index (χ2n) is 6.43. The number of aromatic amines is 1. The van der Waals surface area contributed by atoms with Gasteiger partial charge < -0.3 is 10.3 Å². The Kier molecular flexibility index (Phi) is 4.26. The van der Waals surface area contributed by atoms with Crippen molar-refractivity contribution >= 4 is 32.5 Å². The summed E-state index contributed by atoms with van der Waals surface area (Å²) in [6.07, 6.45) is 1.85. The number of para-hydroxylation sites is 1. The van der Waals surface area contributed by atoms with E-state index in [1.165, 1.54) is 6.07 Å². The molecule has 4 rings (SSSR count). The number of nitrogens with one attached hydrogen (secondary N) is 3. The predicted molar refractivity (Wildman–Crippen MR) is 100 cm³/mol. The maximum Gasteiger partial charge on any atom is 0.240 e. The average molecular weight is 369 g/mol. The van der Waals surface area contributed by atoms with Crippen LogP contribution in [0.15, 0.2) is 53.4 Å². The van der Waals surface area contributed by atoms with Crippen LogP contribution in [-0.4, -0.2) is 19.3 Å². The van der Waals surface area contributed by atoms with Crippen molar-refractivity contribution in [3.63, 3.8) is 0 Å². The molecule has 0 saturated heterocycles. The van der Waals surface area contributed by atoms with E-state index in [0.717, 1.165) is 22.2 Å². The number of H-pyrrole nitrogens is 1. The Morgan fingerprint density at radius 2 is 1.88 bits per heavy atom. The lowest BCUT2D eigenvalue weighted by molar-refractivity contribution is -0.116. The predicted octanol–water partition coefficient (Wildman–Crippen LogP) is 2.92. The molecule has 1 aliphatic heterocycles. The molecule has 0 spiro atoms. The molecule has 3 aromatic rings. The highest BCUT2D eigenvalue weighted by atomic mass is 32.2. The topological polar surface area (TPSA) is 91.1 Å². The molecule has 3 N–H and O–H groups in total. The summed E-state index contributed by atoms with van der Waals surface area (Å²) in [6, 6.07) is 14.6. The number of amides is 1. The van der Waals surface area contributed by atoms with Gasteiger partial charge in [-0.1, -0.05) is 18.2 Å². The van der Waals surface area contributed by atoms with Gasteiger partial charge in [0.15, 0.2) is 0 Å². The van der Waals surface area contributed by atoms with Crippen molar-refractivity contribution in [2.75, 3.05) is 5.32 Å². The Hall–Kier alpha value is -2.64. The van der Waals surface area contributed by atoms with Gasteiger partial charge in [0.05, 0.1) is 11.4 Å². The van der Waals surface area contributed by atoms with Gasteiger partial charge in [0.1, 0.15) is 0 Å². The molecule has 6 nitrogen and oxygen atoms in total. The summed E-state index contributed by atoms with van der Waals surface area (Å²) in [5.41, 5.74) is 3.32. The normalized spacial score (nSPS) is 14.7. The first-order valence-electron chi connectivity index (χ1n) is 8.50. The molecule has 26 heavy (non-hydrogen) atoms. The number of rotatable bonds is 4. The fourth-order valence-corrected chi connectivity index (χ4v) is 4.26. The van der Waals surface area contributed by atoms with Crippen LogP contribution in [0.4, 0.5) is 5.69 Å². The molecule has 0 bridgehead atoms. The molecule has 0 aliphatic carbocycles. The second-order valence-corrected chi connectivity index (χ2v) is 8.19.